The molecule has 10 aromatic rings. The fraction of sp³-hybridized carbons (Fsp3) is 0.0968. The van der Waals surface area contributed by atoms with Crippen molar-refractivity contribution in [2.24, 2.45) is 0 Å². The van der Waals surface area contributed by atoms with Crippen LogP contribution in [0, 0.1) is 0 Å². The van der Waals surface area contributed by atoms with E-state index in [1.165, 1.54) is 50.1 Å². The molecule has 2 aliphatic rings. The third-order valence-corrected chi connectivity index (χ3v) is 13.9. The maximum absolute atomic E-state index is 5.61. The SMILES string of the molecule is CC1(C)c2ccccc2-c2ccc(-c3cc(-c4nc(-c5ccccc5)nc(-c5ccccc5)n4)nc(N(c4ccc(-c5ccccc5)cc4)c4ccc5c(c4)C(C)(C)c4ccccc4-5)c3)cc21. The fourth-order valence-electron chi connectivity index (χ4n) is 10.4. The smallest absolute Gasteiger partial charge is 0.182 e. The molecule has 0 atom stereocenters. The number of pyridine rings is 1. The van der Waals surface area contributed by atoms with Crippen molar-refractivity contribution in [1.29, 1.82) is 0 Å². The highest BCUT2D eigenvalue weighted by atomic mass is 15.2. The Hall–Kier alpha value is -8.28. The molecule has 0 radical (unpaired) electrons. The minimum Gasteiger partial charge on any atom is -0.295 e. The molecule has 12 rings (SSSR count). The van der Waals surface area contributed by atoms with Gasteiger partial charge in [0.05, 0.1) is 0 Å². The first kappa shape index (κ1) is 40.2. The Morgan fingerprint density at radius 1 is 0.299 bits per heavy atom. The predicted molar refractivity (Wildman–Crippen MR) is 275 cm³/mol. The average molecular weight is 862 g/mol. The molecule has 5 heteroatoms. The number of rotatable bonds is 8. The molecule has 0 spiro atoms. The molecule has 0 aliphatic heterocycles. The summed E-state index contributed by atoms with van der Waals surface area (Å²) >= 11 is 0. The highest BCUT2D eigenvalue weighted by Gasteiger charge is 2.37. The van der Waals surface area contributed by atoms with Crippen molar-refractivity contribution in [1.82, 2.24) is 19.9 Å². The van der Waals surface area contributed by atoms with Gasteiger partial charge in [-0.15, -0.1) is 0 Å². The van der Waals surface area contributed by atoms with Gasteiger partial charge in [-0.3, -0.25) is 4.90 Å². The van der Waals surface area contributed by atoms with E-state index in [2.05, 4.69) is 184 Å². The van der Waals surface area contributed by atoms with E-state index < -0.39 is 0 Å². The summed E-state index contributed by atoms with van der Waals surface area (Å²) in [6, 6.07) is 75.5. The maximum atomic E-state index is 5.61. The lowest BCUT2D eigenvalue weighted by molar-refractivity contribution is 0.660. The first-order valence-corrected chi connectivity index (χ1v) is 23.0. The number of fused-ring (bicyclic) bond motifs is 6. The van der Waals surface area contributed by atoms with E-state index in [0.29, 0.717) is 23.2 Å². The Balaban J connectivity index is 1.10. The van der Waals surface area contributed by atoms with Gasteiger partial charge in [-0.1, -0.05) is 198 Å². The van der Waals surface area contributed by atoms with Crippen molar-refractivity contribution < 1.29 is 0 Å². The summed E-state index contributed by atoms with van der Waals surface area (Å²) in [6.45, 7) is 9.33. The third-order valence-electron chi connectivity index (χ3n) is 13.9. The Kier molecular flexibility index (Phi) is 9.44. The molecule has 2 aromatic heterocycles. The van der Waals surface area contributed by atoms with Gasteiger partial charge in [-0.2, -0.15) is 0 Å². The van der Waals surface area contributed by atoms with Crippen molar-refractivity contribution in [3.05, 3.63) is 235 Å². The molecule has 0 amide bonds. The lowest BCUT2D eigenvalue weighted by Gasteiger charge is -2.28. The zero-order valence-corrected chi connectivity index (χ0v) is 37.9. The minimum absolute atomic E-state index is 0.175. The van der Waals surface area contributed by atoms with E-state index in [1.807, 2.05) is 60.7 Å². The first-order chi connectivity index (χ1) is 32.7. The molecule has 0 bridgehead atoms. The lowest BCUT2D eigenvalue weighted by Crippen LogP contribution is -2.17. The van der Waals surface area contributed by atoms with E-state index in [0.717, 1.165) is 45.0 Å². The van der Waals surface area contributed by atoms with Gasteiger partial charge in [0.15, 0.2) is 17.5 Å². The van der Waals surface area contributed by atoms with Crippen LogP contribution in [0.25, 0.3) is 78.8 Å². The predicted octanol–water partition coefficient (Wildman–Crippen LogP) is 15.7. The maximum Gasteiger partial charge on any atom is 0.182 e. The summed E-state index contributed by atoms with van der Waals surface area (Å²) in [6.07, 6.45) is 0. The van der Waals surface area contributed by atoms with E-state index in [1.54, 1.807) is 0 Å². The number of anilines is 3. The normalized spacial score (nSPS) is 13.6. The molecule has 0 N–H and O–H groups in total. The van der Waals surface area contributed by atoms with Crippen LogP contribution in [-0.2, 0) is 10.8 Å². The van der Waals surface area contributed by atoms with Crippen LogP contribution in [0.3, 0.4) is 0 Å². The second-order valence-corrected chi connectivity index (χ2v) is 18.7. The summed E-state index contributed by atoms with van der Waals surface area (Å²) in [4.78, 5) is 23.4. The molecule has 8 aromatic carbocycles. The minimum atomic E-state index is -0.202. The molecule has 0 saturated heterocycles. The van der Waals surface area contributed by atoms with Crippen molar-refractivity contribution >= 4 is 17.2 Å². The molecular weight excluding hydrogens is 815 g/mol. The van der Waals surface area contributed by atoms with Crippen LogP contribution in [0.1, 0.15) is 49.9 Å². The summed E-state index contributed by atoms with van der Waals surface area (Å²) in [5, 5.41) is 0. The van der Waals surface area contributed by atoms with Crippen LogP contribution in [0.2, 0.25) is 0 Å². The van der Waals surface area contributed by atoms with E-state index in [4.69, 9.17) is 19.9 Å². The number of benzene rings is 8. The molecule has 5 nitrogen and oxygen atoms in total. The number of hydrogen-bond donors (Lipinski definition) is 0. The summed E-state index contributed by atoms with van der Waals surface area (Å²) < 4.78 is 0. The van der Waals surface area contributed by atoms with Gasteiger partial charge >= 0.3 is 0 Å². The monoisotopic (exact) mass is 861 g/mol. The van der Waals surface area contributed by atoms with Gasteiger partial charge in [0.25, 0.3) is 0 Å². The van der Waals surface area contributed by atoms with Gasteiger partial charge in [0.2, 0.25) is 0 Å². The third kappa shape index (κ3) is 6.85. The van der Waals surface area contributed by atoms with E-state index in [-0.39, 0.29) is 10.8 Å². The van der Waals surface area contributed by atoms with Gasteiger partial charge in [-0.05, 0) is 109 Å². The van der Waals surface area contributed by atoms with Crippen LogP contribution in [0.4, 0.5) is 17.2 Å². The Morgan fingerprint density at radius 3 is 1.31 bits per heavy atom. The molecular formula is C62H47N5. The van der Waals surface area contributed by atoms with Crippen LogP contribution >= 0.6 is 0 Å². The zero-order valence-electron chi connectivity index (χ0n) is 37.9. The molecule has 0 fully saturated rings. The van der Waals surface area contributed by atoms with Gasteiger partial charge in [0, 0.05) is 33.3 Å². The molecule has 67 heavy (non-hydrogen) atoms. The second-order valence-electron chi connectivity index (χ2n) is 18.7. The van der Waals surface area contributed by atoms with Gasteiger partial charge in [0.1, 0.15) is 11.5 Å². The highest BCUT2D eigenvalue weighted by molar-refractivity contribution is 5.88. The summed E-state index contributed by atoms with van der Waals surface area (Å²) in [7, 11) is 0. The Labute approximate surface area is 392 Å². The van der Waals surface area contributed by atoms with Crippen LogP contribution in [0.5, 0.6) is 0 Å². The van der Waals surface area contributed by atoms with Crippen LogP contribution in [0.15, 0.2) is 212 Å². The quantitative estimate of drug-likeness (QED) is 0.152. The van der Waals surface area contributed by atoms with Crippen molar-refractivity contribution in [3.63, 3.8) is 0 Å². The Bertz CT molecular complexity index is 3450. The second kappa shape index (κ2) is 15.7. The number of nitrogens with zero attached hydrogens (tertiary/aromatic N) is 5. The molecule has 2 heterocycles. The van der Waals surface area contributed by atoms with Gasteiger partial charge < -0.3 is 0 Å². The Morgan fingerprint density at radius 2 is 0.731 bits per heavy atom. The van der Waals surface area contributed by atoms with Crippen molar-refractivity contribution in [2.75, 3.05) is 4.90 Å². The largest absolute Gasteiger partial charge is 0.295 e. The van der Waals surface area contributed by atoms with E-state index in [9.17, 15) is 0 Å². The average Bonchev–Trinajstić information content (AvgIpc) is 3.76. The zero-order chi connectivity index (χ0) is 45.3. The standard InChI is InChI=1S/C62H47N5/c1-61(2)52-26-16-14-24-48(52)50-34-30-44(36-54(50)61)45-37-56(60-65-58(42-20-10-6-11-21-42)64-59(66-60)43-22-12-7-13-23-43)63-57(38-45)67(46-31-28-41(29-32-46)40-18-8-5-9-19-40)47-33-35-51-49-25-15-17-27-53(49)62(3,4)55(51)39-47/h5-39H,1-4H3. The molecule has 0 unspecified atom stereocenters. The van der Waals surface area contributed by atoms with Crippen LogP contribution < -0.4 is 4.90 Å². The highest BCUT2D eigenvalue weighted by Crippen LogP contribution is 2.52. The summed E-state index contributed by atoms with van der Waals surface area (Å²) in [5.41, 5.74) is 18.9. The first-order valence-electron chi connectivity index (χ1n) is 23.0. The van der Waals surface area contributed by atoms with Crippen molar-refractivity contribution in [3.8, 4) is 78.8 Å². The van der Waals surface area contributed by atoms with E-state index >= 15 is 0 Å². The fourth-order valence-corrected chi connectivity index (χ4v) is 10.4. The topological polar surface area (TPSA) is 54.8 Å². The molecule has 0 saturated carbocycles. The van der Waals surface area contributed by atoms with Crippen LogP contribution in [-0.4, -0.2) is 19.9 Å². The summed E-state index contributed by atoms with van der Waals surface area (Å²) in [5.74, 6) is 2.42. The van der Waals surface area contributed by atoms with Crippen molar-refractivity contribution in [2.45, 2.75) is 38.5 Å². The molecule has 320 valence electrons. The van der Waals surface area contributed by atoms with Gasteiger partial charge in [-0.25, -0.2) is 19.9 Å². The molecule has 2 aliphatic carbocycles. The number of aromatic nitrogens is 4. The number of hydrogen-bond acceptors (Lipinski definition) is 5. The lowest BCUT2D eigenvalue weighted by atomic mass is 9.81.